The van der Waals surface area contributed by atoms with Crippen molar-refractivity contribution >= 4 is 50.7 Å². The third-order valence-electron chi connectivity index (χ3n) is 4.91. The van der Waals surface area contributed by atoms with Crippen LogP contribution in [0.15, 0.2) is 48.5 Å². The molecule has 0 bridgehead atoms. The molecule has 180 valence electrons. The van der Waals surface area contributed by atoms with Crippen molar-refractivity contribution in [2.24, 2.45) is 5.92 Å². The smallest absolute Gasteiger partial charge is 0.244 e. The molecule has 2 rings (SSSR count). The van der Waals surface area contributed by atoms with Crippen molar-refractivity contribution in [3.63, 3.8) is 0 Å². The highest BCUT2D eigenvalue weighted by atomic mass is 35.5. The van der Waals surface area contributed by atoms with E-state index in [1.165, 1.54) is 4.90 Å². The zero-order valence-electron chi connectivity index (χ0n) is 19.1. The molecule has 0 aliphatic carbocycles. The molecule has 0 saturated heterocycles. The van der Waals surface area contributed by atoms with Crippen LogP contribution in [0.2, 0.25) is 10.0 Å². The summed E-state index contributed by atoms with van der Waals surface area (Å²) in [5.74, 6) is -0.621. The molecule has 0 aliphatic rings. The molecule has 2 aromatic rings. The summed E-state index contributed by atoms with van der Waals surface area (Å²) in [5.41, 5.74) is 1.02. The maximum Gasteiger partial charge on any atom is 0.244 e. The van der Waals surface area contributed by atoms with Gasteiger partial charge in [-0.1, -0.05) is 61.3 Å². The fraction of sp³-hybridized carbons (Fsp3) is 0.391. The summed E-state index contributed by atoms with van der Waals surface area (Å²) in [6.45, 7) is 5.60. The third-order valence-corrected chi connectivity index (χ3v) is 6.79. The first-order chi connectivity index (χ1) is 15.4. The number of anilines is 1. The molecular formula is C23H29Cl2N3O4S. The van der Waals surface area contributed by atoms with E-state index < -0.39 is 28.5 Å². The van der Waals surface area contributed by atoms with Gasteiger partial charge in [-0.3, -0.25) is 13.9 Å². The first-order valence-electron chi connectivity index (χ1n) is 10.4. The van der Waals surface area contributed by atoms with E-state index in [0.29, 0.717) is 27.8 Å². The minimum atomic E-state index is -3.75. The average Bonchev–Trinajstić information content (AvgIpc) is 2.75. The second-order valence-corrected chi connectivity index (χ2v) is 10.9. The van der Waals surface area contributed by atoms with Gasteiger partial charge >= 0.3 is 0 Å². The molecule has 7 nitrogen and oxygen atoms in total. The molecule has 0 radical (unpaired) electrons. The van der Waals surface area contributed by atoms with E-state index in [0.717, 1.165) is 10.6 Å². The van der Waals surface area contributed by atoms with Crippen molar-refractivity contribution < 1.29 is 18.0 Å². The number of sulfonamides is 1. The minimum Gasteiger partial charge on any atom is -0.354 e. The van der Waals surface area contributed by atoms with Gasteiger partial charge in [-0.2, -0.15) is 0 Å². The number of amides is 2. The molecule has 0 aliphatic heterocycles. The first-order valence-corrected chi connectivity index (χ1v) is 13.0. The zero-order chi connectivity index (χ0) is 24.8. The van der Waals surface area contributed by atoms with Crippen molar-refractivity contribution in [1.82, 2.24) is 10.2 Å². The standard InChI is InChI=1S/C23H29Cl2N3O4S/c1-16(2)13-26-23(30)17(3)27(14-18-10-11-20(24)21(25)12-18)22(29)15-28(33(4,31)32)19-8-6-5-7-9-19/h5-12,16-17H,13-15H2,1-4H3,(H,26,30)/t17-/m1/s1. The van der Waals surface area contributed by atoms with Gasteiger partial charge in [0.25, 0.3) is 0 Å². The monoisotopic (exact) mass is 513 g/mol. The van der Waals surface area contributed by atoms with Crippen LogP contribution in [-0.2, 0) is 26.2 Å². The Morgan fingerprint density at radius 3 is 2.18 bits per heavy atom. The van der Waals surface area contributed by atoms with Crippen LogP contribution in [0.3, 0.4) is 0 Å². The predicted molar refractivity (Wildman–Crippen MR) is 133 cm³/mol. The number of benzene rings is 2. The molecule has 33 heavy (non-hydrogen) atoms. The lowest BCUT2D eigenvalue weighted by atomic mass is 10.1. The highest BCUT2D eigenvalue weighted by Gasteiger charge is 2.30. The molecular weight excluding hydrogens is 485 g/mol. The molecule has 10 heteroatoms. The molecule has 0 heterocycles. The first kappa shape index (κ1) is 27.0. The van der Waals surface area contributed by atoms with Crippen LogP contribution in [-0.4, -0.2) is 50.5 Å². The number of halogens is 2. The van der Waals surface area contributed by atoms with Gasteiger partial charge in [0.2, 0.25) is 21.8 Å². The van der Waals surface area contributed by atoms with Gasteiger partial charge in [-0.15, -0.1) is 0 Å². The summed E-state index contributed by atoms with van der Waals surface area (Å²) in [4.78, 5) is 27.5. The number of rotatable bonds is 10. The number of hydrogen-bond donors (Lipinski definition) is 1. The van der Waals surface area contributed by atoms with Gasteiger partial charge in [-0.05, 0) is 42.7 Å². The Balaban J connectivity index is 2.36. The number of carbonyl (C=O) groups is 2. The van der Waals surface area contributed by atoms with Crippen LogP contribution in [0, 0.1) is 5.92 Å². The van der Waals surface area contributed by atoms with Gasteiger partial charge in [0.1, 0.15) is 12.6 Å². The van der Waals surface area contributed by atoms with Crippen LogP contribution >= 0.6 is 23.2 Å². The fourth-order valence-corrected chi connectivity index (χ4v) is 4.25. The number of carbonyl (C=O) groups excluding carboxylic acids is 2. The fourth-order valence-electron chi connectivity index (χ4n) is 3.08. The van der Waals surface area contributed by atoms with Crippen molar-refractivity contribution in [3.8, 4) is 0 Å². The second kappa shape index (κ2) is 11.7. The topological polar surface area (TPSA) is 86.8 Å². The molecule has 0 unspecified atom stereocenters. The number of nitrogens with zero attached hydrogens (tertiary/aromatic N) is 2. The molecule has 2 aromatic carbocycles. The van der Waals surface area contributed by atoms with Gasteiger partial charge in [0.05, 0.1) is 22.0 Å². The molecule has 0 aromatic heterocycles. The van der Waals surface area contributed by atoms with Crippen LogP contribution in [0.1, 0.15) is 26.3 Å². The highest BCUT2D eigenvalue weighted by Crippen LogP contribution is 2.24. The molecule has 0 spiro atoms. The Morgan fingerprint density at radius 1 is 1.00 bits per heavy atom. The van der Waals surface area contributed by atoms with Crippen molar-refractivity contribution in [3.05, 3.63) is 64.1 Å². The van der Waals surface area contributed by atoms with Crippen molar-refractivity contribution in [1.29, 1.82) is 0 Å². The van der Waals surface area contributed by atoms with Crippen LogP contribution < -0.4 is 9.62 Å². The molecule has 1 N–H and O–H groups in total. The number of hydrogen-bond acceptors (Lipinski definition) is 4. The average molecular weight is 514 g/mol. The van der Waals surface area contributed by atoms with Crippen molar-refractivity contribution in [2.75, 3.05) is 23.7 Å². The Labute approximate surface area is 205 Å². The lowest BCUT2D eigenvalue weighted by molar-refractivity contribution is -0.139. The summed E-state index contributed by atoms with van der Waals surface area (Å²) in [6.07, 6.45) is 1.04. The predicted octanol–water partition coefficient (Wildman–Crippen LogP) is 3.95. The van der Waals surface area contributed by atoms with E-state index in [1.807, 2.05) is 13.8 Å². The lowest BCUT2D eigenvalue weighted by Gasteiger charge is -2.31. The summed E-state index contributed by atoms with van der Waals surface area (Å²) < 4.78 is 25.9. The van der Waals surface area contributed by atoms with Gasteiger partial charge < -0.3 is 10.2 Å². The lowest BCUT2D eigenvalue weighted by Crippen LogP contribution is -2.51. The van der Waals surface area contributed by atoms with Gasteiger partial charge in [0, 0.05) is 13.1 Å². The van der Waals surface area contributed by atoms with E-state index in [1.54, 1.807) is 55.5 Å². The summed E-state index contributed by atoms with van der Waals surface area (Å²) in [5, 5.41) is 3.52. The van der Waals surface area contributed by atoms with Gasteiger partial charge in [-0.25, -0.2) is 8.42 Å². The van der Waals surface area contributed by atoms with E-state index in [9.17, 15) is 18.0 Å². The maximum atomic E-state index is 13.4. The van der Waals surface area contributed by atoms with Crippen molar-refractivity contribution in [2.45, 2.75) is 33.4 Å². The molecule has 0 saturated carbocycles. The van der Waals surface area contributed by atoms with Crippen LogP contribution in [0.25, 0.3) is 0 Å². The summed E-state index contributed by atoms with van der Waals surface area (Å²) in [6, 6.07) is 12.4. The Hall–Kier alpha value is -2.29. The maximum absolute atomic E-state index is 13.4. The zero-order valence-corrected chi connectivity index (χ0v) is 21.4. The van der Waals surface area contributed by atoms with Gasteiger partial charge in [0.15, 0.2) is 0 Å². The molecule has 2 amide bonds. The van der Waals surface area contributed by atoms with E-state index in [2.05, 4.69) is 5.32 Å². The van der Waals surface area contributed by atoms with E-state index in [-0.39, 0.29) is 18.4 Å². The normalized spacial score (nSPS) is 12.3. The Bertz CT molecular complexity index is 1080. The third kappa shape index (κ3) is 7.91. The highest BCUT2D eigenvalue weighted by molar-refractivity contribution is 7.92. The molecule has 0 fully saturated rings. The van der Waals surface area contributed by atoms with E-state index in [4.69, 9.17) is 23.2 Å². The Morgan fingerprint density at radius 2 is 1.64 bits per heavy atom. The number of para-hydroxylation sites is 1. The second-order valence-electron chi connectivity index (χ2n) is 8.19. The Kier molecular flexibility index (Phi) is 9.57. The van der Waals surface area contributed by atoms with Crippen LogP contribution in [0.5, 0.6) is 0 Å². The quantitative estimate of drug-likeness (QED) is 0.520. The van der Waals surface area contributed by atoms with E-state index >= 15 is 0 Å². The SMILES string of the molecule is CC(C)CNC(=O)[C@@H](C)N(Cc1ccc(Cl)c(Cl)c1)C(=O)CN(c1ccccc1)S(C)(=O)=O. The summed E-state index contributed by atoms with van der Waals surface area (Å²) >= 11 is 12.1. The molecule has 1 atom stereocenters. The minimum absolute atomic E-state index is 0.0539. The largest absolute Gasteiger partial charge is 0.354 e. The number of nitrogens with one attached hydrogen (secondary N) is 1. The van der Waals surface area contributed by atoms with Crippen LogP contribution in [0.4, 0.5) is 5.69 Å². The summed E-state index contributed by atoms with van der Waals surface area (Å²) in [7, 11) is -3.75.